The number of hydrogen-bond acceptors (Lipinski definition) is 6. The Balaban J connectivity index is 1.41. The number of amides is 1. The van der Waals surface area contributed by atoms with Crippen molar-refractivity contribution in [1.29, 1.82) is 0 Å². The van der Waals surface area contributed by atoms with Crippen molar-refractivity contribution in [2.45, 2.75) is 25.0 Å². The molecule has 0 aliphatic carbocycles. The second kappa shape index (κ2) is 9.90. The Morgan fingerprint density at radius 1 is 1.24 bits per heavy atom. The van der Waals surface area contributed by atoms with Crippen LogP contribution in [0.4, 0.5) is 4.79 Å². The standard InChI is InChI=1S/C22H23ClN4O5S/c23-16-3-4-19-18(12-16)21(5-9-25-19)32-17-6-10-27(11-7-17)33(30,31)14-20(26-22(28)29)15-2-1-8-24-13-15/h1-5,8-9,12-13,17,20,26H,6-7,10-11,14H2,(H,28,29). The van der Waals surface area contributed by atoms with Gasteiger partial charge < -0.3 is 15.2 Å². The predicted molar refractivity (Wildman–Crippen MR) is 124 cm³/mol. The highest BCUT2D eigenvalue weighted by Crippen LogP contribution is 2.29. The van der Waals surface area contributed by atoms with E-state index in [0.717, 1.165) is 10.9 Å². The molecular formula is C22H23ClN4O5S. The van der Waals surface area contributed by atoms with Crippen LogP contribution in [0.3, 0.4) is 0 Å². The molecule has 0 radical (unpaired) electrons. The smallest absolute Gasteiger partial charge is 0.405 e. The van der Waals surface area contributed by atoms with Crippen LogP contribution in [0.15, 0.2) is 55.0 Å². The van der Waals surface area contributed by atoms with Crippen molar-refractivity contribution in [2.24, 2.45) is 0 Å². The third-order valence-corrected chi connectivity index (χ3v) is 7.65. The maximum absolute atomic E-state index is 13.0. The lowest BCUT2D eigenvalue weighted by Gasteiger charge is -2.32. The number of benzene rings is 1. The summed E-state index contributed by atoms with van der Waals surface area (Å²) in [4.78, 5) is 19.5. The van der Waals surface area contributed by atoms with Crippen LogP contribution in [0.5, 0.6) is 5.75 Å². The first-order valence-corrected chi connectivity index (χ1v) is 12.4. The molecule has 1 aliphatic heterocycles. The van der Waals surface area contributed by atoms with Gasteiger partial charge in [-0.1, -0.05) is 17.7 Å². The number of carboxylic acid groups (broad SMARTS) is 1. The summed E-state index contributed by atoms with van der Waals surface area (Å²) >= 11 is 6.12. The number of piperidine rings is 1. The van der Waals surface area contributed by atoms with Crippen molar-refractivity contribution in [1.82, 2.24) is 19.6 Å². The number of rotatable bonds is 7. The zero-order chi connectivity index (χ0) is 23.4. The third kappa shape index (κ3) is 5.70. The maximum atomic E-state index is 13.0. The summed E-state index contributed by atoms with van der Waals surface area (Å²) in [6.45, 7) is 0.563. The molecule has 0 spiro atoms. The summed E-state index contributed by atoms with van der Waals surface area (Å²) in [7, 11) is -3.72. The molecule has 3 heterocycles. The van der Waals surface area contributed by atoms with Crippen molar-refractivity contribution in [2.75, 3.05) is 18.8 Å². The summed E-state index contributed by atoms with van der Waals surface area (Å²) in [5.41, 5.74) is 1.26. The first kappa shape index (κ1) is 23.2. The molecular weight excluding hydrogens is 468 g/mol. The van der Waals surface area contributed by atoms with E-state index in [1.165, 1.54) is 10.5 Å². The minimum Gasteiger partial charge on any atom is -0.490 e. The Hall–Kier alpha value is -2.95. The van der Waals surface area contributed by atoms with Crippen molar-refractivity contribution in [3.05, 3.63) is 65.6 Å². The highest BCUT2D eigenvalue weighted by atomic mass is 35.5. The van der Waals surface area contributed by atoms with Crippen molar-refractivity contribution >= 4 is 38.6 Å². The Morgan fingerprint density at radius 3 is 2.73 bits per heavy atom. The normalized spacial score (nSPS) is 16.4. The largest absolute Gasteiger partial charge is 0.490 e. The monoisotopic (exact) mass is 490 g/mol. The lowest BCUT2D eigenvalue weighted by atomic mass is 10.1. The number of halogens is 1. The van der Waals surface area contributed by atoms with Gasteiger partial charge in [-0.25, -0.2) is 17.5 Å². The first-order valence-electron chi connectivity index (χ1n) is 10.4. The van der Waals surface area contributed by atoms with Crippen molar-refractivity contribution < 1.29 is 23.1 Å². The van der Waals surface area contributed by atoms with Gasteiger partial charge in [0.2, 0.25) is 10.0 Å². The number of ether oxygens (including phenoxy) is 1. The topological polar surface area (TPSA) is 122 Å². The van der Waals surface area contributed by atoms with E-state index in [1.807, 2.05) is 6.07 Å². The number of nitrogens with one attached hydrogen (secondary N) is 1. The zero-order valence-corrected chi connectivity index (χ0v) is 19.2. The second-order valence-corrected chi connectivity index (χ2v) is 10.2. The van der Waals surface area contributed by atoms with Crippen LogP contribution >= 0.6 is 11.6 Å². The molecule has 1 aliphatic rings. The minimum absolute atomic E-state index is 0.160. The van der Waals surface area contributed by atoms with E-state index >= 15 is 0 Å². The molecule has 4 rings (SSSR count). The fraction of sp³-hybridized carbons (Fsp3) is 0.318. The fourth-order valence-electron chi connectivity index (χ4n) is 3.87. The maximum Gasteiger partial charge on any atom is 0.405 e. The number of hydrogen-bond donors (Lipinski definition) is 2. The Labute approximate surface area is 196 Å². The molecule has 1 unspecified atom stereocenters. The molecule has 0 saturated carbocycles. The third-order valence-electron chi connectivity index (χ3n) is 5.51. The molecule has 11 heteroatoms. The molecule has 174 valence electrons. The van der Waals surface area contributed by atoms with Crippen LogP contribution < -0.4 is 10.1 Å². The van der Waals surface area contributed by atoms with E-state index in [1.54, 1.807) is 42.7 Å². The zero-order valence-electron chi connectivity index (χ0n) is 17.6. The van der Waals surface area contributed by atoms with Crippen LogP contribution in [0.2, 0.25) is 5.02 Å². The van der Waals surface area contributed by atoms with E-state index < -0.39 is 22.2 Å². The highest BCUT2D eigenvalue weighted by molar-refractivity contribution is 7.89. The van der Waals surface area contributed by atoms with Gasteiger partial charge in [0.25, 0.3) is 0 Å². The van der Waals surface area contributed by atoms with Gasteiger partial charge in [0.15, 0.2) is 0 Å². The second-order valence-electron chi connectivity index (χ2n) is 7.75. The van der Waals surface area contributed by atoms with Crippen molar-refractivity contribution in [3.63, 3.8) is 0 Å². The summed E-state index contributed by atoms with van der Waals surface area (Å²) < 4.78 is 33.6. The van der Waals surface area contributed by atoms with Crippen LogP contribution in [-0.2, 0) is 10.0 Å². The van der Waals surface area contributed by atoms with E-state index in [2.05, 4.69) is 15.3 Å². The summed E-state index contributed by atoms with van der Waals surface area (Å²) in [5.74, 6) is 0.274. The summed E-state index contributed by atoms with van der Waals surface area (Å²) in [6, 6.07) is 9.53. The number of aromatic nitrogens is 2. The molecule has 1 saturated heterocycles. The molecule has 1 aromatic carbocycles. The van der Waals surface area contributed by atoms with Crippen LogP contribution in [-0.4, -0.2) is 58.8 Å². The molecule has 2 aromatic heterocycles. The summed E-state index contributed by atoms with van der Waals surface area (Å²) in [6.07, 6.45) is 4.23. The molecule has 1 amide bonds. The molecule has 3 aromatic rings. The lowest BCUT2D eigenvalue weighted by Crippen LogP contribution is -2.45. The quantitative estimate of drug-likeness (QED) is 0.520. The van der Waals surface area contributed by atoms with Gasteiger partial charge in [0.1, 0.15) is 11.9 Å². The number of sulfonamides is 1. The summed E-state index contributed by atoms with van der Waals surface area (Å²) in [5, 5.41) is 12.8. The van der Waals surface area contributed by atoms with Gasteiger partial charge in [-0.15, -0.1) is 0 Å². The number of carbonyl (C=O) groups is 1. The number of pyridine rings is 2. The van der Waals surface area contributed by atoms with Gasteiger partial charge >= 0.3 is 6.09 Å². The van der Waals surface area contributed by atoms with E-state index in [9.17, 15) is 13.2 Å². The van der Waals surface area contributed by atoms with Crippen molar-refractivity contribution in [3.8, 4) is 5.75 Å². The Bertz CT molecular complexity index is 1230. The van der Waals surface area contributed by atoms with Gasteiger partial charge in [0.05, 0.1) is 17.3 Å². The van der Waals surface area contributed by atoms with Crippen LogP contribution in [0.1, 0.15) is 24.4 Å². The fourth-order valence-corrected chi connectivity index (χ4v) is 5.72. The number of nitrogens with zero attached hydrogens (tertiary/aromatic N) is 3. The van der Waals surface area contributed by atoms with Gasteiger partial charge in [-0.05, 0) is 48.7 Å². The average Bonchev–Trinajstić information content (AvgIpc) is 2.79. The first-order chi connectivity index (χ1) is 15.8. The van der Waals surface area contributed by atoms with E-state index in [0.29, 0.717) is 29.2 Å². The van der Waals surface area contributed by atoms with Crippen LogP contribution in [0.25, 0.3) is 10.9 Å². The average molecular weight is 491 g/mol. The number of fused-ring (bicyclic) bond motifs is 1. The molecule has 2 N–H and O–H groups in total. The van der Waals surface area contributed by atoms with Gasteiger partial charge in [0, 0.05) is 42.1 Å². The van der Waals surface area contributed by atoms with Crippen LogP contribution in [0, 0.1) is 0 Å². The highest BCUT2D eigenvalue weighted by Gasteiger charge is 2.32. The van der Waals surface area contributed by atoms with E-state index in [-0.39, 0.29) is 24.9 Å². The van der Waals surface area contributed by atoms with Gasteiger partial charge in [-0.2, -0.15) is 0 Å². The molecule has 1 atom stereocenters. The van der Waals surface area contributed by atoms with Gasteiger partial charge in [-0.3, -0.25) is 9.97 Å². The Morgan fingerprint density at radius 2 is 2.03 bits per heavy atom. The molecule has 9 nitrogen and oxygen atoms in total. The molecule has 1 fully saturated rings. The predicted octanol–water partition coefficient (Wildman–Crippen LogP) is 3.47. The molecule has 0 bridgehead atoms. The SMILES string of the molecule is O=C(O)NC(CS(=O)(=O)N1CCC(Oc2ccnc3ccc(Cl)cc23)CC1)c1cccnc1. The minimum atomic E-state index is -3.72. The van der Waals surface area contributed by atoms with E-state index in [4.69, 9.17) is 21.4 Å². The molecule has 33 heavy (non-hydrogen) atoms. The lowest BCUT2D eigenvalue weighted by molar-refractivity contribution is 0.136. The Kier molecular flexibility index (Phi) is 6.96.